The number of ether oxygens (including phenoxy) is 1. The second-order valence-electron chi connectivity index (χ2n) is 8.09. The molecule has 2 unspecified atom stereocenters. The number of fused-ring (bicyclic) bond motifs is 2. The van der Waals surface area contributed by atoms with Crippen LogP contribution in [0.25, 0.3) is 0 Å². The number of halogens is 1. The van der Waals surface area contributed by atoms with Crippen molar-refractivity contribution in [1.82, 2.24) is 4.90 Å². The predicted octanol–water partition coefficient (Wildman–Crippen LogP) is 4.91. The molecule has 4 nitrogen and oxygen atoms in total. The maximum Gasteiger partial charge on any atom is 0.410 e. The standard InChI is InChI=1S/C24H26FNO3/c25-20-9-6-17(7-10-20)8-13-23(27)19-14-21-11-12-22(15-19)26(21)24(28)29-16-18-4-2-1-3-5-18/h1-7,9-10,19,21-22H,8,11-16H2. The molecule has 5 heteroatoms. The Balaban J connectivity index is 1.29. The summed E-state index contributed by atoms with van der Waals surface area (Å²) in [5.41, 5.74) is 1.95. The van der Waals surface area contributed by atoms with Gasteiger partial charge in [0.2, 0.25) is 0 Å². The van der Waals surface area contributed by atoms with Crippen LogP contribution in [0, 0.1) is 11.7 Å². The number of carbonyl (C=O) groups is 2. The number of rotatable bonds is 6. The lowest BCUT2D eigenvalue weighted by molar-refractivity contribution is -0.125. The number of hydrogen-bond acceptors (Lipinski definition) is 3. The zero-order chi connectivity index (χ0) is 20.2. The minimum Gasteiger partial charge on any atom is -0.445 e. The largest absolute Gasteiger partial charge is 0.445 e. The Morgan fingerprint density at radius 1 is 0.931 bits per heavy atom. The Labute approximate surface area is 170 Å². The van der Waals surface area contributed by atoms with E-state index in [9.17, 15) is 14.0 Å². The number of nitrogens with zero attached hydrogens (tertiary/aromatic N) is 1. The van der Waals surface area contributed by atoms with Gasteiger partial charge in [0, 0.05) is 24.4 Å². The van der Waals surface area contributed by atoms with E-state index in [1.807, 2.05) is 35.2 Å². The van der Waals surface area contributed by atoms with E-state index in [1.165, 1.54) is 12.1 Å². The lowest BCUT2D eigenvalue weighted by Crippen LogP contribution is -2.48. The Hall–Kier alpha value is -2.69. The number of ketones is 1. The van der Waals surface area contributed by atoms with E-state index >= 15 is 0 Å². The van der Waals surface area contributed by atoms with Gasteiger partial charge in [-0.15, -0.1) is 0 Å². The van der Waals surface area contributed by atoms with Crippen molar-refractivity contribution in [2.24, 2.45) is 5.92 Å². The molecule has 29 heavy (non-hydrogen) atoms. The van der Waals surface area contributed by atoms with Crippen molar-refractivity contribution in [3.63, 3.8) is 0 Å². The monoisotopic (exact) mass is 395 g/mol. The van der Waals surface area contributed by atoms with Crippen LogP contribution in [-0.2, 0) is 22.6 Å². The first-order chi connectivity index (χ1) is 14.1. The molecule has 2 heterocycles. The molecule has 4 rings (SSSR count). The zero-order valence-corrected chi connectivity index (χ0v) is 16.4. The van der Waals surface area contributed by atoms with Crippen molar-refractivity contribution in [3.05, 3.63) is 71.5 Å². The maximum atomic E-state index is 13.0. The van der Waals surface area contributed by atoms with Gasteiger partial charge in [-0.1, -0.05) is 42.5 Å². The highest BCUT2D eigenvalue weighted by Crippen LogP contribution is 2.40. The van der Waals surface area contributed by atoms with Crippen molar-refractivity contribution < 1.29 is 18.7 Å². The molecule has 2 aromatic carbocycles. The number of piperidine rings is 1. The molecule has 0 N–H and O–H groups in total. The summed E-state index contributed by atoms with van der Waals surface area (Å²) in [5, 5.41) is 0. The third kappa shape index (κ3) is 4.66. The minimum atomic E-state index is -0.265. The first-order valence-electron chi connectivity index (χ1n) is 10.4. The third-order valence-corrected chi connectivity index (χ3v) is 6.18. The van der Waals surface area contributed by atoms with Gasteiger partial charge in [-0.25, -0.2) is 9.18 Å². The van der Waals surface area contributed by atoms with E-state index in [-0.39, 0.29) is 42.3 Å². The lowest BCUT2D eigenvalue weighted by atomic mass is 9.85. The highest BCUT2D eigenvalue weighted by molar-refractivity contribution is 5.82. The summed E-state index contributed by atoms with van der Waals surface area (Å²) in [6.45, 7) is 0.273. The van der Waals surface area contributed by atoms with Crippen molar-refractivity contribution in [2.45, 2.75) is 57.2 Å². The molecule has 0 aliphatic carbocycles. The average molecular weight is 395 g/mol. The van der Waals surface area contributed by atoms with E-state index in [0.29, 0.717) is 12.8 Å². The normalized spacial score (nSPS) is 23.1. The van der Waals surface area contributed by atoms with Gasteiger partial charge in [-0.05, 0) is 55.4 Å². The number of Topliss-reactive ketones (excluding diaryl/α,β-unsaturated/α-hetero) is 1. The van der Waals surface area contributed by atoms with E-state index in [0.717, 1.165) is 36.8 Å². The molecule has 2 aromatic rings. The van der Waals surface area contributed by atoms with Gasteiger partial charge in [0.15, 0.2) is 0 Å². The molecule has 2 aliphatic rings. The quantitative estimate of drug-likeness (QED) is 0.698. The minimum absolute atomic E-state index is 0.00567. The molecule has 2 aliphatic heterocycles. The smallest absolute Gasteiger partial charge is 0.410 e. The van der Waals surface area contributed by atoms with Gasteiger partial charge >= 0.3 is 6.09 Å². The Morgan fingerprint density at radius 2 is 1.59 bits per heavy atom. The Morgan fingerprint density at radius 3 is 2.24 bits per heavy atom. The summed E-state index contributed by atoms with van der Waals surface area (Å²) in [5.74, 6) is -0.00202. The van der Waals surface area contributed by atoms with Crippen LogP contribution >= 0.6 is 0 Å². The molecule has 2 atom stereocenters. The summed E-state index contributed by atoms with van der Waals surface area (Å²) >= 11 is 0. The number of benzene rings is 2. The Kier molecular flexibility index (Phi) is 5.93. The maximum absolute atomic E-state index is 13.0. The zero-order valence-electron chi connectivity index (χ0n) is 16.4. The van der Waals surface area contributed by atoms with Crippen LogP contribution in [0.5, 0.6) is 0 Å². The number of aryl methyl sites for hydroxylation is 1. The average Bonchev–Trinajstić information content (AvgIpc) is 3.01. The van der Waals surface area contributed by atoms with Crippen molar-refractivity contribution in [1.29, 1.82) is 0 Å². The molecule has 152 valence electrons. The predicted molar refractivity (Wildman–Crippen MR) is 108 cm³/mol. The van der Waals surface area contributed by atoms with Gasteiger partial charge in [-0.3, -0.25) is 4.79 Å². The highest BCUT2D eigenvalue weighted by atomic mass is 19.1. The summed E-state index contributed by atoms with van der Waals surface area (Å²) in [6.07, 6.45) is 4.15. The molecule has 0 spiro atoms. The molecule has 2 saturated heterocycles. The van der Waals surface area contributed by atoms with Crippen LogP contribution in [-0.4, -0.2) is 28.9 Å². The third-order valence-electron chi connectivity index (χ3n) is 6.18. The van der Waals surface area contributed by atoms with Crippen LogP contribution in [0.15, 0.2) is 54.6 Å². The van der Waals surface area contributed by atoms with E-state index in [4.69, 9.17) is 4.74 Å². The summed E-state index contributed by atoms with van der Waals surface area (Å²) in [4.78, 5) is 27.2. The van der Waals surface area contributed by atoms with E-state index < -0.39 is 0 Å². The fraction of sp³-hybridized carbons (Fsp3) is 0.417. The molecule has 0 radical (unpaired) electrons. The summed E-state index contributed by atoms with van der Waals surface area (Å²) in [7, 11) is 0. The fourth-order valence-electron chi connectivity index (χ4n) is 4.65. The number of hydrogen-bond donors (Lipinski definition) is 0. The van der Waals surface area contributed by atoms with Crippen molar-refractivity contribution >= 4 is 11.9 Å². The highest BCUT2D eigenvalue weighted by Gasteiger charge is 2.45. The van der Waals surface area contributed by atoms with Gasteiger partial charge in [-0.2, -0.15) is 0 Å². The topological polar surface area (TPSA) is 46.6 Å². The molecule has 0 aromatic heterocycles. The first-order valence-corrected chi connectivity index (χ1v) is 10.4. The van der Waals surface area contributed by atoms with Gasteiger partial charge < -0.3 is 9.64 Å². The SMILES string of the molecule is O=C(CCc1ccc(F)cc1)C1CC2CCC(C1)N2C(=O)OCc1ccccc1. The fourth-order valence-corrected chi connectivity index (χ4v) is 4.65. The Bertz CT molecular complexity index is 838. The lowest BCUT2D eigenvalue weighted by Gasteiger charge is -2.37. The van der Waals surface area contributed by atoms with Crippen LogP contribution in [0.3, 0.4) is 0 Å². The summed E-state index contributed by atoms with van der Waals surface area (Å²) in [6, 6.07) is 16.2. The van der Waals surface area contributed by atoms with Crippen molar-refractivity contribution in [2.75, 3.05) is 0 Å². The van der Waals surface area contributed by atoms with E-state index in [2.05, 4.69) is 0 Å². The molecular formula is C24H26FNO3. The van der Waals surface area contributed by atoms with Gasteiger partial charge in [0.05, 0.1) is 0 Å². The number of amides is 1. The van der Waals surface area contributed by atoms with Crippen LogP contribution in [0.4, 0.5) is 9.18 Å². The molecule has 2 fully saturated rings. The second kappa shape index (κ2) is 8.76. The summed E-state index contributed by atoms with van der Waals surface area (Å²) < 4.78 is 18.5. The second-order valence-corrected chi connectivity index (χ2v) is 8.09. The van der Waals surface area contributed by atoms with Crippen LogP contribution < -0.4 is 0 Å². The van der Waals surface area contributed by atoms with E-state index in [1.54, 1.807) is 12.1 Å². The van der Waals surface area contributed by atoms with Crippen molar-refractivity contribution in [3.8, 4) is 0 Å². The molecule has 1 amide bonds. The first kappa shape index (κ1) is 19.6. The van der Waals surface area contributed by atoms with Gasteiger partial charge in [0.25, 0.3) is 0 Å². The molecule has 2 bridgehead atoms. The van der Waals surface area contributed by atoms with Gasteiger partial charge in [0.1, 0.15) is 18.2 Å². The molecule has 0 saturated carbocycles. The van der Waals surface area contributed by atoms with Crippen LogP contribution in [0.1, 0.15) is 43.2 Å². The van der Waals surface area contributed by atoms with Crippen LogP contribution in [0.2, 0.25) is 0 Å². The number of carbonyl (C=O) groups excluding carboxylic acids is 2. The molecular weight excluding hydrogens is 369 g/mol.